The van der Waals surface area contributed by atoms with Crippen LogP contribution in [0, 0.1) is 0 Å². The number of anilines is 1. The zero-order valence-electron chi connectivity index (χ0n) is 12.6. The first-order chi connectivity index (χ1) is 11.2. The van der Waals surface area contributed by atoms with Crippen molar-refractivity contribution in [2.24, 2.45) is 0 Å². The van der Waals surface area contributed by atoms with Crippen molar-refractivity contribution in [1.29, 1.82) is 0 Å². The van der Waals surface area contributed by atoms with Gasteiger partial charge < -0.3 is 14.9 Å². The standard InChI is InChI=1S/C18H17N3O2/c22-17(21-9-3-5-13-4-1-2-6-16(13)21)11-12-7-8-14-15(10-12)20-18(23)19-14/h1-2,4,6-8,10H,3,5,9,11H2,(H2,19,20,23). The summed E-state index contributed by atoms with van der Waals surface area (Å²) in [6.45, 7) is 0.763. The van der Waals surface area contributed by atoms with Crippen molar-refractivity contribution in [1.82, 2.24) is 9.97 Å². The van der Waals surface area contributed by atoms with E-state index in [4.69, 9.17) is 0 Å². The highest BCUT2D eigenvalue weighted by atomic mass is 16.2. The summed E-state index contributed by atoms with van der Waals surface area (Å²) in [5.74, 6) is 0.0920. The number of carbonyl (C=O) groups is 1. The van der Waals surface area contributed by atoms with E-state index in [9.17, 15) is 9.59 Å². The molecule has 0 saturated heterocycles. The predicted octanol–water partition coefficient (Wildman–Crippen LogP) is 2.38. The first-order valence-corrected chi connectivity index (χ1v) is 7.80. The van der Waals surface area contributed by atoms with Crippen molar-refractivity contribution in [3.8, 4) is 0 Å². The summed E-state index contributed by atoms with van der Waals surface area (Å²) >= 11 is 0. The molecule has 1 aromatic heterocycles. The lowest BCUT2D eigenvalue weighted by molar-refractivity contribution is -0.118. The third-order valence-electron chi connectivity index (χ3n) is 4.35. The normalized spacial score (nSPS) is 14.0. The van der Waals surface area contributed by atoms with Crippen molar-refractivity contribution in [3.63, 3.8) is 0 Å². The van der Waals surface area contributed by atoms with E-state index in [1.54, 1.807) is 0 Å². The van der Waals surface area contributed by atoms with Gasteiger partial charge in [-0.15, -0.1) is 0 Å². The summed E-state index contributed by atoms with van der Waals surface area (Å²) in [5, 5.41) is 0. The Balaban J connectivity index is 1.61. The number of hydrogen-bond acceptors (Lipinski definition) is 2. The summed E-state index contributed by atoms with van der Waals surface area (Å²) < 4.78 is 0. The maximum Gasteiger partial charge on any atom is 0.323 e. The van der Waals surface area contributed by atoms with E-state index in [2.05, 4.69) is 16.0 Å². The molecule has 0 atom stereocenters. The Labute approximate surface area is 133 Å². The molecule has 5 heteroatoms. The number of imidazole rings is 1. The van der Waals surface area contributed by atoms with Crippen LogP contribution in [0.1, 0.15) is 17.5 Å². The van der Waals surface area contributed by atoms with Crippen LogP contribution in [0.25, 0.3) is 11.0 Å². The predicted molar refractivity (Wildman–Crippen MR) is 89.7 cm³/mol. The Bertz CT molecular complexity index is 939. The lowest BCUT2D eigenvalue weighted by atomic mass is 10.0. The Kier molecular flexibility index (Phi) is 3.26. The maximum atomic E-state index is 12.7. The third kappa shape index (κ3) is 2.54. The number of aromatic nitrogens is 2. The van der Waals surface area contributed by atoms with E-state index in [1.165, 1.54) is 5.56 Å². The maximum absolute atomic E-state index is 12.7. The second-order valence-electron chi connectivity index (χ2n) is 5.91. The lowest BCUT2D eigenvalue weighted by Gasteiger charge is -2.29. The molecule has 5 nitrogen and oxygen atoms in total. The number of H-pyrrole nitrogens is 2. The van der Waals surface area contributed by atoms with Gasteiger partial charge in [-0.3, -0.25) is 4.79 Å². The fraction of sp³-hybridized carbons (Fsp3) is 0.222. The number of hydrogen-bond donors (Lipinski definition) is 2. The number of fused-ring (bicyclic) bond motifs is 2. The Hall–Kier alpha value is -2.82. The average molecular weight is 307 g/mol. The molecule has 3 aromatic rings. The summed E-state index contributed by atoms with van der Waals surface area (Å²) in [4.78, 5) is 31.4. The number of nitrogens with one attached hydrogen (secondary N) is 2. The quantitative estimate of drug-likeness (QED) is 0.763. The molecule has 0 aliphatic carbocycles. The van der Waals surface area contributed by atoms with E-state index in [-0.39, 0.29) is 11.6 Å². The van der Waals surface area contributed by atoms with E-state index < -0.39 is 0 Å². The monoisotopic (exact) mass is 307 g/mol. The zero-order valence-corrected chi connectivity index (χ0v) is 12.6. The third-order valence-corrected chi connectivity index (χ3v) is 4.35. The molecular weight excluding hydrogens is 290 g/mol. The number of aromatic amines is 2. The van der Waals surface area contributed by atoms with E-state index in [0.717, 1.165) is 41.7 Å². The van der Waals surface area contributed by atoms with Gasteiger partial charge >= 0.3 is 5.69 Å². The molecule has 2 heterocycles. The number of para-hydroxylation sites is 1. The number of carbonyl (C=O) groups excluding carboxylic acids is 1. The summed E-state index contributed by atoms with van der Waals surface area (Å²) in [6, 6.07) is 13.7. The Morgan fingerprint density at radius 3 is 2.83 bits per heavy atom. The van der Waals surface area contributed by atoms with Crippen LogP contribution in [-0.2, 0) is 17.6 Å². The molecule has 2 aromatic carbocycles. The van der Waals surface area contributed by atoms with Crippen molar-refractivity contribution in [2.75, 3.05) is 11.4 Å². The van der Waals surface area contributed by atoms with Crippen molar-refractivity contribution in [2.45, 2.75) is 19.3 Å². The minimum Gasteiger partial charge on any atom is -0.312 e. The van der Waals surface area contributed by atoms with Gasteiger partial charge in [-0.25, -0.2) is 4.79 Å². The molecule has 4 rings (SSSR count). The largest absolute Gasteiger partial charge is 0.323 e. The SMILES string of the molecule is O=C(Cc1ccc2[nH]c(=O)[nH]c2c1)N1CCCc2ccccc21. The van der Waals surface area contributed by atoms with Crippen molar-refractivity contribution >= 4 is 22.6 Å². The Morgan fingerprint density at radius 2 is 1.91 bits per heavy atom. The van der Waals surface area contributed by atoms with Crippen LogP contribution in [0.3, 0.4) is 0 Å². The van der Waals surface area contributed by atoms with Gasteiger partial charge in [0, 0.05) is 12.2 Å². The summed E-state index contributed by atoms with van der Waals surface area (Å²) in [6.07, 6.45) is 2.35. The van der Waals surface area contributed by atoms with E-state index in [1.807, 2.05) is 41.3 Å². The molecule has 2 N–H and O–H groups in total. The summed E-state index contributed by atoms with van der Waals surface area (Å²) in [5.41, 5.74) is 4.43. The molecule has 1 aliphatic rings. The minimum absolute atomic E-state index is 0.0920. The molecule has 0 unspecified atom stereocenters. The van der Waals surface area contributed by atoms with Gasteiger partial charge in [-0.2, -0.15) is 0 Å². The fourth-order valence-electron chi connectivity index (χ4n) is 3.25. The molecule has 0 saturated carbocycles. The smallest absolute Gasteiger partial charge is 0.312 e. The van der Waals surface area contributed by atoms with Gasteiger partial charge in [0.1, 0.15) is 0 Å². The van der Waals surface area contributed by atoms with Crippen LogP contribution in [0.15, 0.2) is 47.3 Å². The van der Waals surface area contributed by atoms with Crippen molar-refractivity contribution < 1.29 is 4.79 Å². The molecule has 0 bridgehead atoms. The number of rotatable bonds is 2. The molecular formula is C18H17N3O2. The first-order valence-electron chi connectivity index (χ1n) is 7.80. The zero-order chi connectivity index (χ0) is 15.8. The first kappa shape index (κ1) is 13.8. The molecule has 0 spiro atoms. The number of aryl methyl sites for hydroxylation is 1. The van der Waals surface area contributed by atoms with Crippen LogP contribution >= 0.6 is 0 Å². The van der Waals surface area contributed by atoms with E-state index >= 15 is 0 Å². The molecule has 116 valence electrons. The highest BCUT2D eigenvalue weighted by Crippen LogP contribution is 2.27. The average Bonchev–Trinajstić information content (AvgIpc) is 2.93. The number of benzene rings is 2. The highest BCUT2D eigenvalue weighted by Gasteiger charge is 2.22. The van der Waals surface area contributed by atoms with Crippen LogP contribution in [0.4, 0.5) is 5.69 Å². The van der Waals surface area contributed by atoms with Crippen molar-refractivity contribution in [3.05, 3.63) is 64.1 Å². The molecule has 0 fully saturated rings. The van der Waals surface area contributed by atoms with Gasteiger partial charge in [-0.05, 0) is 42.2 Å². The van der Waals surface area contributed by atoms with Crippen LogP contribution in [-0.4, -0.2) is 22.4 Å². The van der Waals surface area contributed by atoms with Gasteiger partial charge in [0.05, 0.1) is 17.5 Å². The topological polar surface area (TPSA) is 69.0 Å². The van der Waals surface area contributed by atoms with Gasteiger partial charge in [0.25, 0.3) is 0 Å². The molecule has 1 aliphatic heterocycles. The minimum atomic E-state index is -0.228. The van der Waals surface area contributed by atoms with E-state index in [0.29, 0.717) is 6.42 Å². The molecule has 23 heavy (non-hydrogen) atoms. The summed E-state index contributed by atoms with van der Waals surface area (Å²) in [7, 11) is 0. The second-order valence-corrected chi connectivity index (χ2v) is 5.91. The highest BCUT2D eigenvalue weighted by molar-refractivity contribution is 5.96. The fourth-order valence-corrected chi connectivity index (χ4v) is 3.25. The lowest BCUT2D eigenvalue weighted by Crippen LogP contribution is -2.36. The number of nitrogens with zero attached hydrogens (tertiary/aromatic N) is 1. The van der Waals surface area contributed by atoms with Gasteiger partial charge in [-0.1, -0.05) is 24.3 Å². The number of amides is 1. The molecule has 0 radical (unpaired) electrons. The van der Waals surface area contributed by atoms with Gasteiger partial charge in [0.15, 0.2) is 0 Å². The van der Waals surface area contributed by atoms with Crippen LogP contribution < -0.4 is 10.6 Å². The second kappa shape index (κ2) is 5.43. The van der Waals surface area contributed by atoms with Gasteiger partial charge in [0.2, 0.25) is 5.91 Å². The van der Waals surface area contributed by atoms with Crippen LogP contribution in [0.2, 0.25) is 0 Å². The Morgan fingerprint density at radius 1 is 1.09 bits per heavy atom. The molecule has 1 amide bonds. The van der Waals surface area contributed by atoms with Crippen LogP contribution in [0.5, 0.6) is 0 Å².